The summed E-state index contributed by atoms with van der Waals surface area (Å²) in [6.07, 6.45) is 6.93. The number of fused-ring (bicyclic) bond motifs is 4. The largest absolute Gasteiger partial charge is 0.466 e. The summed E-state index contributed by atoms with van der Waals surface area (Å²) < 4.78 is 5.10. The van der Waals surface area contributed by atoms with E-state index >= 15 is 0 Å². The molecule has 1 fully saturated rings. The summed E-state index contributed by atoms with van der Waals surface area (Å²) in [6.45, 7) is 13.8. The summed E-state index contributed by atoms with van der Waals surface area (Å²) in [6, 6.07) is 30.0. The molecule has 1 aromatic heterocycles. The van der Waals surface area contributed by atoms with Crippen LogP contribution in [0.2, 0.25) is 0 Å². The number of aromatic amines is 1. The quantitative estimate of drug-likeness (QED) is 0.143. The molecule has 1 amide bonds. The molecule has 1 saturated carbocycles. The van der Waals surface area contributed by atoms with Gasteiger partial charge in [0, 0.05) is 17.7 Å². The highest BCUT2D eigenvalue weighted by molar-refractivity contribution is 5.96. The number of aromatic nitrogens is 2. The van der Waals surface area contributed by atoms with Crippen LogP contribution in [0.4, 0.5) is 0 Å². The number of benzene rings is 4. The van der Waals surface area contributed by atoms with E-state index in [1.165, 1.54) is 47.9 Å². The summed E-state index contributed by atoms with van der Waals surface area (Å²) in [5.74, 6) is 0.861. The number of carbonyl (C=O) groups excluding carboxylic acids is 2. The SMILES string of the molecule is CCOC(=O)C(C)CNC(=O)c1cccc(-c2nc3c(C[C@@]4(C)CCC[C@]5(C)c6ccc(C(C)C)cc6CC[C@@H]45)c(-c4ccccc4)ccc3[nH]2)c1. The van der Waals surface area contributed by atoms with Crippen LogP contribution in [0.25, 0.3) is 33.5 Å². The van der Waals surface area contributed by atoms with Gasteiger partial charge in [0.15, 0.2) is 0 Å². The molecule has 2 aliphatic rings. The monoisotopic (exact) mass is 695 g/mol. The van der Waals surface area contributed by atoms with Gasteiger partial charge >= 0.3 is 5.97 Å². The minimum absolute atomic E-state index is 0.0943. The number of nitrogens with one attached hydrogen (secondary N) is 2. The second-order valence-corrected chi connectivity index (χ2v) is 16.1. The Balaban J connectivity index is 1.24. The highest BCUT2D eigenvalue weighted by Crippen LogP contribution is 2.59. The first kappa shape index (κ1) is 35.7. The minimum Gasteiger partial charge on any atom is -0.466 e. The van der Waals surface area contributed by atoms with Crippen LogP contribution in [0.3, 0.4) is 0 Å². The van der Waals surface area contributed by atoms with E-state index in [0.29, 0.717) is 24.0 Å². The number of esters is 1. The maximum Gasteiger partial charge on any atom is 0.310 e. The molecule has 270 valence electrons. The molecule has 0 saturated heterocycles. The Kier molecular flexibility index (Phi) is 9.86. The first-order valence-electron chi connectivity index (χ1n) is 19.3. The Morgan fingerprint density at radius 3 is 2.50 bits per heavy atom. The van der Waals surface area contributed by atoms with Crippen LogP contribution in [0.15, 0.2) is 84.9 Å². The van der Waals surface area contributed by atoms with Crippen LogP contribution in [-0.4, -0.2) is 35.0 Å². The lowest BCUT2D eigenvalue weighted by atomic mass is 9.48. The molecule has 1 unspecified atom stereocenters. The maximum absolute atomic E-state index is 13.2. The van der Waals surface area contributed by atoms with Crippen LogP contribution >= 0.6 is 0 Å². The molecule has 6 heteroatoms. The van der Waals surface area contributed by atoms with Crippen molar-refractivity contribution in [3.8, 4) is 22.5 Å². The van der Waals surface area contributed by atoms with Crippen molar-refractivity contribution >= 4 is 22.9 Å². The second kappa shape index (κ2) is 14.4. The third kappa shape index (κ3) is 6.68. The van der Waals surface area contributed by atoms with Gasteiger partial charge < -0.3 is 15.0 Å². The normalized spacial score (nSPS) is 21.7. The van der Waals surface area contributed by atoms with E-state index in [9.17, 15) is 9.59 Å². The second-order valence-electron chi connectivity index (χ2n) is 16.1. The lowest BCUT2D eigenvalue weighted by molar-refractivity contribution is -0.147. The minimum atomic E-state index is -0.426. The fourth-order valence-electron chi connectivity index (χ4n) is 9.48. The summed E-state index contributed by atoms with van der Waals surface area (Å²) in [7, 11) is 0. The fourth-order valence-corrected chi connectivity index (χ4v) is 9.48. The number of H-pyrrole nitrogens is 1. The van der Waals surface area contributed by atoms with Gasteiger partial charge in [-0.1, -0.05) is 108 Å². The number of nitrogens with zero attached hydrogens (tertiary/aromatic N) is 1. The van der Waals surface area contributed by atoms with Gasteiger partial charge in [-0.2, -0.15) is 0 Å². The zero-order valence-electron chi connectivity index (χ0n) is 31.6. The third-order valence-corrected chi connectivity index (χ3v) is 12.2. The van der Waals surface area contributed by atoms with E-state index in [1.54, 1.807) is 31.0 Å². The van der Waals surface area contributed by atoms with E-state index in [1.807, 2.05) is 18.2 Å². The molecule has 5 aromatic rings. The van der Waals surface area contributed by atoms with Crippen LogP contribution < -0.4 is 5.32 Å². The Labute approximate surface area is 308 Å². The number of rotatable bonds is 10. The van der Waals surface area contributed by atoms with Crippen LogP contribution in [0.5, 0.6) is 0 Å². The summed E-state index contributed by atoms with van der Waals surface area (Å²) in [4.78, 5) is 34.2. The number of carbonyl (C=O) groups is 2. The smallest absolute Gasteiger partial charge is 0.310 e. The third-order valence-electron chi connectivity index (χ3n) is 12.2. The molecule has 0 aliphatic heterocycles. The Morgan fingerprint density at radius 2 is 1.73 bits per heavy atom. The average molecular weight is 696 g/mol. The first-order valence-corrected chi connectivity index (χ1v) is 19.3. The topological polar surface area (TPSA) is 84.1 Å². The van der Waals surface area contributed by atoms with Gasteiger partial charge in [-0.3, -0.25) is 9.59 Å². The molecule has 6 nitrogen and oxygen atoms in total. The average Bonchev–Trinajstić information content (AvgIpc) is 3.59. The van der Waals surface area contributed by atoms with E-state index in [0.717, 1.165) is 35.3 Å². The van der Waals surface area contributed by atoms with Crippen molar-refractivity contribution in [2.45, 2.75) is 91.4 Å². The number of aryl methyl sites for hydroxylation is 1. The zero-order chi connectivity index (χ0) is 36.6. The highest BCUT2D eigenvalue weighted by atomic mass is 16.5. The molecule has 2 N–H and O–H groups in total. The van der Waals surface area contributed by atoms with Crippen molar-refractivity contribution in [3.63, 3.8) is 0 Å². The highest BCUT2D eigenvalue weighted by Gasteiger charge is 2.52. The van der Waals surface area contributed by atoms with Crippen molar-refractivity contribution in [2.24, 2.45) is 17.3 Å². The van der Waals surface area contributed by atoms with Crippen molar-refractivity contribution in [1.82, 2.24) is 15.3 Å². The van der Waals surface area contributed by atoms with Gasteiger partial charge in [-0.05, 0) is 113 Å². The van der Waals surface area contributed by atoms with Crippen molar-refractivity contribution in [3.05, 3.63) is 113 Å². The first-order chi connectivity index (χ1) is 25.0. The van der Waals surface area contributed by atoms with Crippen molar-refractivity contribution < 1.29 is 14.3 Å². The number of amides is 1. The predicted molar refractivity (Wildman–Crippen MR) is 210 cm³/mol. The zero-order valence-corrected chi connectivity index (χ0v) is 31.6. The van der Waals surface area contributed by atoms with Crippen LogP contribution in [0, 0.1) is 17.3 Å². The Hall–Kier alpha value is -4.71. The number of imidazole rings is 1. The number of hydrogen-bond donors (Lipinski definition) is 2. The molecule has 0 bridgehead atoms. The van der Waals surface area contributed by atoms with E-state index in [4.69, 9.17) is 9.72 Å². The van der Waals surface area contributed by atoms with Gasteiger partial charge in [0.05, 0.1) is 23.6 Å². The van der Waals surface area contributed by atoms with Crippen LogP contribution in [0.1, 0.15) is 106 Å². The molecule has 1 heterocycles. The number of ether oxygens (including phenoxy) is 1. The van der Waals surface area contributed by atoms with Crippen molar-refractivity contribution in [1.29, 1.82) is 0 Å². The molecule has 52 heavy (non-hydrogen) atoms. The van der Waals surface area contributed by atoms with Gasteiger partial charge in [-0.15, -0.1) is 0 Å². The molecule has 4 atom stereocenters. The summed E-state index contributed by atoms with van der Waals surface area (Å²) >= 11 is 0. The Morgan fingerprint density at radius 1 is 0.942 bits per heavy atom. The molecule has 7 rings (SSSR count). The molecular weight excluding hydrogens is 643 g/mol. The lowest BCUT2D eigenvalue weighted by Gasteiger charge is -2.56. The van der Waals surface area contributed by atoms with E-state index < -0.39 is 5.92 Å². The van der Waals surface area contributed by atoms with Gasteiger partial charge in [0.25, 0.3) is 5.91 Å². The van der Waals surface area contributed by atoms with Gasteiger partial charge in [-0.25, -0.2) is 4.98 Å². The molecular formula is C46H53N3O3. The standard InChI is InChI=1S/C46H53N3O3/c1-7-52-44(51)30(4)28-47-43(50)35-16-11-15-34(26-35)42-48-39-21-19-36(31-13-9-8-10-14-31)37(41(39)49-42)27-45(5)23-12-24-46(6)38-20-17-32(29(2)3)25-33(38)18-22-40(45)46/h8-11,13-17,19-21,25-26,29-30,40H,7,12,18,22-24,27-28H2,1-6H3,(H,47,50)(H,48,49)/t30?,40-,45+,46+/m0/s1. The van der Waals surface area contributed by atoms with E-state index in [-0.39, 0.29) is 29.3 Å². The fraction of sp³-hybridized carbons (Fsp3) is 0.413. The molecule has 0 spiro atoms. The molecule has 2 aliphatic carbocycles. The molecule has 0 radical (unpaired) electrons. The van der Waals surface area contributed by atoms with Gasteiger partial charge in [0.1, 0.15) is 5.82 Å². The van der Waals surface area contributed by atoms with Gasteiger partial charge in [0.2, 0.25) is 0 Å². The summed E-state index contributed by atoms with van der Waals surface area (Å²) in [5, 5.41) is 2.90. The lowest BCUT2D eigenvalue weighted by Crippen LogP contribution is -2.50. The van der Waals surface area contributed by atoms with Crippen LogP contribution in [-0.2, 0) is 27.8 Å². The van der Waals surface area contributed by atoms with Crippen molar-refractivity contribution in [2.75, 3.05) is 13.2 Å². The summed E-state index contributed by atoms with van der Waals surface area (Å²) in [5.41, 5.74) is 11.9. The Bertz CT molecular complexity index is 2100. The predicted octanol–water partition coefficient (Wildman–Crippen LogP) is 10.2. The molecule has 4 aromatic carbocycles. The maximum atomic E-state index is 13.2. The van der Waals surface area contributed by atoms with E-state index in [2.05, 4.69) is 98.7 Å². The number of hydrogen-bond acceptors (Lipinski definition) is 4.